The summed E-state index contributed by atoms with van der Waals surface area (Å²) in [4.78, 5) is 10.2. The molecule has 5 heterocycles. The Balaban J connectivity index is 0.00000300. The van der Waals surface area contributed by atoms with Gasteiger partial charge in [-0.15, -0.1) is 6.07 Å². The van der Waals surface area contributed by atoms with Gasteiger partial charge in [-0.25, -0.2) is 0 Å². The fourth-order valence-corrected chi connectivity index (χ4v) is 7.29. The van der Waals surface area contributed by atoms with Crippen LogP contribution < -0.4 is 4.74 Å². The molecular formula is C38H29N4O2Pt-. The number of fused-ring (bicyclic) bond motifs is 6. The standard InChI is InChI=1S/C38H29N4O2.Pt/c1-37(2)27-17-10-16-25-24-15-11-19-29(43)31(24)35-40-36(33(38(37,3)4)42(35)32(25)27)44-30-21-20-26-23-14-8-9-18-28(23)41(34(26)39-30)22-12-6-5-7-13-22;/h5-12,14-21,43H,1-4H3;/q-1;. The molecule has 6 nitrogen and oxygen atoms in total. The van der Waals surface area contributed by atoms with Crippen LogP contribution in [0.5, 0.6) is 17.5 Å². The third kappa shape index (κ3) is 3.55. The molecule has 224 valence electrons. The number of ether oxygens (including phenoxy) is 1. The Kier molecular flexibility index (Phi) is 5.83. The average Bonchev–Trinajstić information content (AvgIpc) is 3.57. The van der Waals surface area contributed by atoms with Crippen molar-refractivity contribution in [1.82, 2.24) is 18.9 Å². The van der Waals surface area contributed by atoms with Gasteiger partial charge in [0.1, 0.15) is 11.4 Å². The largest absolute Gasteiger partial charge is 0.507 e. The summed E-state index contributed by atoms with van der Waals surface area (Å²) < 4.78 is 11.1. The number of pyridine rings is 2. The minimum atomic E-state index is -0.376. The normalized spacial score (nSPS) is 14.9. The first-order valence-corrected chi connectivity index (χ1v) is 14.9. The van der Waals surface area contributed by atoms with Gasteiger partial charge in [0.15, 0.2) is 5.65 Å². The van der Waals surface area contributed by atoms with E-state index in [9.17, 15) is 5.11 Å². The number of benzene rings is 4. The SMILES string of the molecule is CC1(C)c2cccc3c4cccc(O)c4c4nc(Oc5ccc6c7ccccc7n(-c7[c-]cccc7)c6n5)c(n4c23)C1(C)C.[Pt]. The third-order valence-electron chi connectivity index (χ3n) is 10.1. The molecule has 1 N–H and O–H groups in total. The van der Waals surface area contributed by atoms with Crippen molar-refractivity contribution in [2.24, 2.45) is 0 Å². The van der Waals surface area contributed by atoms with Gasteiger partial charge in [-0.3, -0.25) is 4.40 Å². The minimum absolute atomic E-state index is 0. The summed E-state index contributed by atoms with van der Waals surface area (Å²) in [5.41, 5.74) is 6.13. The molecule has 0 unspecified atom stereocenters. The third-order valence-corrected chi connectivity index (χ3v) is 10.1. The smallest absolute Gasteiger partial charge is 0.243 e. The average molecular weight is 769 g/mol. The van der Waals surface area contributed by atoms with Gasteiger partial charge in [0.05, 0.1) is 22.1 Å². The first-order chi connectivity index (χ1) is 21.3. The number of rotatable bonds is 3. The predicted octanol–water partition coefficient (Wildman–Crippen LogP) is 9.00. The molecule has 8 aromatic rings. The molecular weight excluding hydrogens is 740 g/mol. The second-order valence-corrected chi connectivity index (χ2v) is 12.8. The van der Waals surface area contributed by atoms with E-state index in [1.807, 2.05) is 42.5 Å². The minimum Gasteiger partial charge on any atom is -0.507 e. The predicted molar refractivity (Wildman–Crippen MR) is 175 cm³/mol. The van der Waals surface area contributed by atoms with Gasteiger partial charge in [0, 0.05) is 54.1 Å². The Labute approximate surface area is 274 Å². The van der Waals surface area contributed by atoms with Crippen LogP contribution >= 0.6 is 0 Å². The Hall–Kier alpha value is -4.67. The number of para-hydroxylation sites is 3. The van der Waals surface area contributed by atoms with Crippen LogP contribution in [-0.4, -0.2) is 24.0 Å². The summed E-state index contributed by atoms with van der Waals surface area (Å²) >= 11 is 0. The molecule has 4 aromatic carbocycles. The topological polar surface area (TPSA) is 64.6 Å². The maximum absolute atomic E-state index is 11.2. The van der Waals surface area contributed by atoms with Crippen LogP contribution in [0.3, 0.4) is 0 Å². The zero-order valence-corrected chi connectivity index (χ0v) is 27.5. The summed E-state index contributed by atoms with van der Waals surface area (Å²) in [5, 5.41) is 16.1. The fourth-order valence-electron chi connectivity index (χ4n) is 7.29. The summed E-state index contributed by atoms with van der Waals surface area (Å²) in [6.45, 7) is 9.08. The number of hydrogen-bond acceptors (Lipinski definition) is 4. The molecule has 7 heteroatoms. The molecule has 0 saturated carbocycles. The number of aromatic nitrogens is 4. The molecule has 0 radical (unpaired) electrons. The van der Waals surface area contributed by atoms with Crippen molar-refractivity contribution in [2.75, 3.05) is 0 Å². The van der Waals surface area contributed by atoms with E-state index in [0.717, 1.165) is 49.6 Å². The number of nitrogens with zero attached hydrogens (tertiary/aromatic N) is 4. The van der Waals surface area contributed by atoms with E-state index in [1.54, 1.807) is 6.07 Å². The van der Waals surface area contributed by atoms with Crippen LogP contribution in [0, 0.1) is 6.07 Å². The molecule has 9 rings (SSSR count). The summed E-state index contributed by atoms with van der Waals surface area (Å²) in [7, 11) is 0. The van der Waals surface area contributed by atoms with Crippen LogP contribution in [0.4, 0.5) is 0 Å². The molecule has 0 spiro atoms. The molecule has 1 aliphatic heterocycles. The fraction of sp³-hybridized carbons (Fsp3) is 0.158. The molecule has 0 bridgehead atoms. The van der Waals surface area contributed by atoms with Crippen molar-refractivity contribution in [3.05, 3.63) is 114 Å². The number of aromatic hydroxyl groups is 1. The van der Waals surface area contributed by atoms with E-state index >= 15 is 0 Å². The number of imidazole rings is 1. The van der Waals surface area contributed by atoms with E-state index in [1.165, 1.54) is 5.56 Å². The van der Waals surface area contributed by atoms with Gasteiger partial charge in [-0.2, -0.15) is 34.2 Å². The van der Waals surface area contributed by atoms with Crippen LogP contribution in [0.1, 0.15) is 39.0 Å². The van der Waals surface area contributed by atoms with Crippen molar-refractivity contribution < 1.29 is 30.9 Å². The second kappa shape index (κ2) is 9.42. The Bertz CT molecular complexity index is 2490. The summed E-state index contributed by atoms with van der Waals surface area (Å²) in [5.74, 6) is 1.15. The van der Waals surface area contributed by atoms with Crippen LogP contribution in [0.25, 0.3) is 54.9 Å². The monoisotopic (exact) mass is 768 g/mol. The molecule has 45 heavy (non-hydrogen) atoms. The zero-order valence-electron chi connectivity index (χ0n) is 25.2. The van der Waals surface area contributed by atoms with Crippen molar-refractivity contribution in [3.63, 3.8) is 0 Å². The maximum atomic E-state index is 11.2. The zero-order chi connectivity index (χ0) is 30.0. The molecule has 0 saturated heterocycles. The van der Waals surface area contributed by atoms with Crippen LogP contribution in [0.15, 0.2) is 97.1 Å². The molecule has 4 aromatic heterocycles. The van der Waals surface area contributed by atoms with Gasteiger partial charge in [0.25, 0.3) is 0 Å². The number of hydrogen-bond donors (Lipinski definition) is 1. The van der Waals surface area contributed by atoms with Crippen molar-refractivity contribution in [1.29, 1.82) is 0 Å². The number of phenols is 1. The summed E-state index contributed by atoms with van der Waals surface area (Å²) in [6.07, 6.45) is 0. The van der Waals surface area contributed by atoms with Crippen molar-refractivity contribution in [3.8, 4) is 23.2 Å². The van der Waals surface area contributed by atoms with Gasteiger partial charge in [-0.05, 0) is 29.1 Å². The molecule has 0 amide bonds. The molecule has 0 fully saturated rings. The summed E-state index contributed by atoms with van der Waals surface area (Å²) in [6, 6.07) is 35.8. The first-order valence-electron chi connectivity index (χ1n) is 14.9. The van der Waals surface area contributed by atoms with Crippen LogP contribution in [0.2, 0.25) is 0 Å². The van der Waals surface area contributed by atoms with E-state index in [4.69, 9.17) is 14.7 Å². The first kappa shape index (κ1) is 27.8. The molecule has 1 aliphatic rings. The van der Waals surface area contributed by atoms with Gasteiger partial charge in [-0.1, -0.05) is 81.9 Å². The second-order valence-electron chi connectivity index (χ2n) is 12.8. The van der Waals surface area contributed by atoms with E-state index in [0.29, 0.717) is 22.8 Å². The Morgan fingerprint density at radius 3 is 2.29 bits per heavy atom. The van der Waals surface area contributed by atoms with Crippen LogP contribution in [-0.2, 0) is 31.9 Å². The van der Waals surface area contributed by atoms with E-state index in [2.05, 4.69) is 91.3 Å². The van der Waals surface area contributed by atoms with Crippen molar-refractivity contribution in [2.45, 2.75) is 38.5 Å². The Morgan fingerprint density at radius 1 is 0.711 bits per heavy atom. The Morgan fingerprint density at radius 2 is 1.47 bits per heavy atom. The van der Waals surface area contributed by atoms with Gasteiger partial charge < -0.3 is 14.4 Å². The maximum Gasteiger partial charge on any atom is 0.243 e. The van der Waals surface area contributed by atoms with Crippen molar-refractivity contribution >= 4 is 49.3 Å². The van der Waals surface area contributed by atoms with Gasteiger partial charge in [0.2, 0.25) is 11.8 Å². The van der Waals surface area contributed by atoms with E-state index < -0.39 is 0 Å². The molecule has 0 aliphatic carbocycles. The van der Waals surface area contributed by atoms with E-state index in [-0.39, 0.29) is 37.6 Å². The number of phenolic OH excluding ortho intramolecular Hbond substituents is 1. The van der Waals surface area contributed by atoms with Gasteiger partial charge >= 0.3 is 0 Å². The molecule has 0 atom stereocenters. The quantitative estimate of drug-likeness (QED) is 0.144.